The predicted molar refractivity (Wildman–Crippen MR) is 136 cm³/mol. The van der Waals surface area contributed by atoms with Gasteiger partial charge in [0.25, 0.3) is 0 Å². The molecule has 1 atom stereocenters. The van der Waals surface area contributed by atoms with E-state index in [2.05, 4.69) is 76.8 Å². The predicted octanol–water partition coefficient (Wildman–Crippen LogP) is 8.81. The number of benzene rings is 1. The van der Waals surface area contributed by atoms with Crippen molar-refractivity contribution in [1.82, 2.24) is 4.90 Å². The fraction of sp³-hybridized carbons (Fsp3) is 0.786. The lowest BCUT2D eigenvalue weighted by Crippen LogP contribution is -2.53. The van der Waals surface area contributed by atoms with E-state index in [1.165, 1.54) is 69.8 Å². The summed E-state index contributed by atoms with van der Waals surface area (Å²) in [6.45, 7) is 16.1. The molecule has 0 aromatic heterocycles. The summed E-state index contributed by atoms with van der Waals surface area (Å²) in [5.41, 5.74) is 3.94. The van der Waals surface area contributed by atoms with Crippen LogP contribution in [0.5, 0.6) is 0 Å². The maximum Gasteiger partial charge on any atom is 0.0358 e. The third-order valence-electron chi connectivity index (χ3n) is 7.40. The van der Waals surface area contributed by atoms with Crippen molar-refractivity contribution in [3.8, 4) is 0 Å². The van der Waals surface area contributed by atoms with Gasteiger partial charge in [-0.2, -0.15) is 0 Å². The standard InChI is InChI=1S/C28H48NP/c1-27(2,3)26(29(28(4,5)6)22-23-16-10-7-11-17-23)30(24-18-12-8-13-19-24)25-20-14-9-15-21-25/h7,10-11,16-17,24-26H,8-9,12-15,18-22H2,1-6H3. The van der Waals surface area contributed by atoms with E-state index in [0.29, 0.717) is 11.2 Å². The largest absolute Gasteiger partial charge is 0.287 e. The molecule has 3 rings (SSSR count). The molecule has 0 bridgehead atoms. The third kappa shape index (κ3) is 6.32. The van der Waals surface area contributed by atoms with Gasteiger partial charge in [-0.25, -0.2) is 0 Å². The van der Waals surface area contributed by atoms with Crippen LogP contribution >= 0.6 is 7.92 Å². The lowest BCUT2D eigenvalue weighted by molar-refractivity contribution is 0.0582. The van der Waals surface area contributed by atoms with E-state index in [1.807, 2.05) is 0 Å². The molecular formula is C28H48NP. The van der Waals surface area contributed by atoms with Crippen molar-refractivity contribution in [2.45, 2.75) is 135 Å². The monoisotopic (exact) mass is 429 g/mol. The van der Waals surface area contributed by atoms with Crippen LogP contribution in [0, 0.1) is 5.41 Å². The van der Waals surface area contributed by atoms with E-state index >= 15 is 0 Å². The first-order chi connectivity index (χ1) is 14.2. The molecule has 0 spiro atoms. The molecule has 0 radical (unpaired) electrons. The second kappa shape index (κ2) is 10.5. The topological polar surface area (TPSA) is 3.24 Å². The SMILES string of the molecule is CC(C)(C)C(N(Cc1ccccc1)C(C)(C)C)P(C1CCCCC1)C1CCCCC1. The average Bonchev–Trinajstić information content (AvgIpc) is 2.71. The quantitative estimate of drug-likeness (QED) is 0.408. The highest BCUT2D eigenvalue weighted by Gasteiger charge is 2.46. The fourth-order valence-electron chi connectivity index (χ4n) is 6.00. The molecule has 0 saturated heterocycles. The highest BCUT2D eigenvalue weighted by Crippen LogP contribution is 2.64. The summed E-state index contributed by atoms with van der Waals surface area (Å²) in [5.74, 6) is 0.693. The van der Waals surface area contributed by atoms with Crippen molar-refractivity contribution in [2.75, 3.05) is 0 Å². The van der Waals surface area contributed by atoms with Gasteiger partial charge in [0.2, 0.25) is 0 Å². The Morgan fingerprint density at radius 1 is 0.767 bits per heavy atom. The van der Waals surface area contributed by atoms with Gasteiger partial charge in [0, 0.05) is 17.9 Å². The van der Waals surface area contributed by atoms with Gasteiger partial charge in [0.1, 0.15) is 0 Å². The first kappa shape index (κ1) is 24.3. The van der Waals surface area contributed by atoms with Crippen LogP contribution < -0.4 is 0 Å². The Labute approximate surface area is 189 Å². The lowest BCUT2D eigenvalue weighted by Gasteiger charge is -2.55. The summed E-state index contributed by atoms with van der Waals surface area (Å²) < 4.78 is 0. The summed E-state index contributed by atoms with van der Waals surface area (Å²) in [6.07, 6.45) is 14.8. The molecule has 170 valence electrons. The van der Waals surface area contributed by atoms with E-state index in [9.17, 15) is 0 Å². The third-order valence-corrected chi connectivity index (χ3v) is 11.7. The van der Waals surface area contributed by atoms with Crippen LogP contribution in [0.25, 0.3) is 0 Å². The zero-order valence-electron chi connectivity index (χ0n) is 20.8. The van der Waals surface area contributed by atoms with Crippen molar-refractivity contribution >= 4 is 7.92 Å². The van der Waals surface area contributed by atoms with Crippen LogP contribution in [0.15, 0.2) is 30.3 Å². The number of hydrogen-bond acceptors (Lipinski definition) is 1. The lowest BCUT2D eigenvalue weighted by atomic mass is 9.91. The second-order valence-electron chi connectivity index (χ2n) is 12.1. The molecule has 1 aromatic rings. The molecule has 1 nitrogen and oxygen atoms in total. The highest BCUT2D eigenvalue weighted by atomic mass is 31.1. The summed E-state index contributed by atoms with van der Waals surface area (Å²) in [4.78, 5) is 2.94. The van der Waals surface area contributed by atoms with Gasteiger partial charge in [-0.05, 0) is 68.8 Å². The second-order valence-corrected chi connectivity index (χ2v) is 14.9. The summed E-state index contributed by atoms with van der Waals surface area (Å²) in [6, 6.07) is 11.3. The molecule has 2 fully saturated rings. The number of nitrogens with zero attached hydrogens (tertiary/aromatic N) is 1. The molecular weight excluding hydrogens is 381 g/mol. The molecule has 1 unspecified atom stereocenters. The van der Waals surface area contributed by atoms with Crippen molar-refractivity contribution < 1.29 is 0 Å². The normalized spacial score (nSPS) is 21.3. The van der Waals surface area contributed by atoms with E-state index < -0.39 is 0 Å². The maximum atomic E-state index is 2.94. The number of hydrogen-bond donors (Lipinski definition) is 0. The Hall–Kier alpha value is -0.390. The fourth-order valence-corrected chi connectivity index (χ4v) is 11.0. The summed E-state index contributed by atoms with van der Waals surface area (Å²) in [5, 5.41) is 0. The van der Waals surface area contributed by atoms with Gasteiger partial charge < -0.3 is 0 Å². The van der Waals surface area contributed by atoms with Gasteiger partial charge >= 0.3 is 0 Å². The smallest absolute Gasteiger partial charge is 0.0358 e. The minimum atomic E-state index is -0.0224. The molecule has 2 aliphatic rings. The Morgan fingerprint density at radius 3 is 1.63 bits per heavy atom. The molecule has 1 aromatic carbocycles. The molecule has 0 heterocycles. The van der Waals surface area contributed by atoms with E-state index in [4.69, 9.17) is 0 Å². The van der Waals surface area contributed by atoms with Crippen LogP contribution in [0.1, 0.15) is 111 Å². The molecule has 0 N–H and O–H groups in total. The van der Waals surface area contributed by atoms with Crippen molar-refractivity contribution in [3.05, 3.63) is 35.9 Å². The Bertz CT molecular complexity index is 596. The van der Waals surface area contributed by atoms with E-state index in [0.717, 1.165) is 17.9 Å². The number of rotatable bonds is 6. The van der Waals surface area contributed by atoms with Crippen molar-refractivity contribution in [3.63, 3.8) is 0 Å². The average molecular weight is 430 g/mol. The maximum absolute atomic E-state index is 2.94. The van der Waals surface area contributed by atoms with Gasteiger partial charge in [-0.1, -0.05) is 97.5 Å². The molecule has 0 aliphatic heterocycles. The molecule has 2 heteroatoms. The van der Waals surface area contributed by atoms with Crippen molar-refractivity contribution in [1.29, 1.82) is 0 Å². The van der Waals surface area contributed by atoms with Crippen LogP contribution in [0.2, 0.25) is 0 Å². The first-order valence-electron chi connectivity index (χ1n) is 12.8. The van der Waals surface area contributed by atoms with Gasteiger partial charge in [-0.3, -0.25) is 4.90 Å². The zero-order valence-corrected chi connectivity index (χ0v) is 21.7. The van der Waals surface area contributed by atoms with E-state index in [1.54, 1.807) is 0 Å². The van der Waals surface area contributed by atoms with Crippen LogP contribution in [0.3, 0.4) is 0 Å². The van der Waals surface area contributed by atoms with Gasteiger partial charge in [0.15, 0.2) is 0 Å². The van der Waals surface area contributed by atoms with Gasteiger partial charge in [-0.15, -0.1) is 0 Å². The Kier molecular flexibility index (Phi) is 8.48. The first-order valence-corrected chi connectivity index (χ1v) is 14.3. The highest BCUT2D eigenvalue weighted by molar-refractivity contribution is 7.59. The van der Waals surface area contributed by atoms with Crippen LogP contribution in [-0.2, 0) is 6.54 Å². The van der Waals surface area contributed by atoms with Crippen molar-refractivity contribution in [2.24, 2.45) is 5.41 Å². The molecule has 2 saturated carbocycles. The van der Waals surface area contributed by atoms with Crippen LogP contribution in [-0.4, -0.2) is 27.5 Å². The Morgan fingerprint density at radius 2 is 1.23 bits per heavy atom. The minimum Gasteiger partial charge on any atom is -0.287 e. The zero-order chi connectivity index (χ0) is 21.8. The molecule has 2 aliphatic carbocycles. The molecule has 0 amide bonds. The summed E-state index contributed by atoms with van der Waals surface area (Å²) >= 11 is 0. The molecule has 30 heavy (non-hydrogen) atoms. The Balaban J connectivity index is 2.01. The van der Waals surface area contributed by atoms with Gasteiger partial charge in [0.05, 0.1) is 0 Å². The van der Waals surface area contributed by atoms with E-state index in [-0.39, 0.29) is 13.5 Å². The minimum absolute atomic E-state index is 0.0224. The summed E-state index contributed by atoms with van der Waals surface area (Å²) in [7, 11) is -0.0224. The van der Waals surface area contributed by atoms with Crippen LogP contribution in [0.4, 0.5) is 0 Å².